The zero-order valence-electron chi connectivity index (χ0n) is 13.2. The van der Waals surface area contributed by atoms with Crippen molar-refractivity contribution in [2.24, 2.45) is 23.7 Å². The summed E-state index contributed by atoms with van der Waals surface area (Å²) in [5.74, 6) is 3.05. The number of nitrogens with one attached hydrogen (secondary N) is 1. The molecule has 22 heavy (non-hydrogen) atoms. The van der Waals surface area contributed by atoms with E-state index in [1.807, 2.05) is 0 Å². The SMILES string of the molecule is O=C(CNC1C2CC3CC(C2)CC1C3)N1CCC[C@@H]1B(O)O. The molecule has 0 aromatic carbocycles. The minimum Gasteiger partial charge on any atom is -0.426 e. The van der Waals surface area contributed by atoms with Crippen LogP contribution in [0.25, 0.3) is 0 Å². The molecule has 1 atom stereocenters. The Labute approximate surface area is 132 Å². The first-order valence-electron chi connectivity index (χ1n) is 9.01. The lowest BCUT2D eigenvalue weighted by molar-refractivity contribution is -0.131. The second-order valence-corrected chi connectivity index (χ2v) is 8.05. The van der Waals surface area contributed by atoms with Crippen LogP contribution in [0.5, 0.6) is 0 Å². The molecule has 0 aromatic heterocycles. The normalized spacial score (nSPS) is 42.9. The average Bonchev–Trinajstić information content (AvgIpc) is 2.95. The molecule has 0 unspecified atom stereocenters. The highest BCUT2D eigenvalue weighted by Gasteiger charge is 2.48. The summed E-state index contributed by atoms with van der Waals surface area (Å²) in [6.45, 7) is 1.01. The van der Waals surface area contributed by atoms with Crippen LogP contribution >= 0.6 is 0 Å². The fourth-order valence-electron chi connectivity index (χ4n) is 5.98. The van der Waals surface area contributed by atoms with Crippen molar-refractivity contribution in [1.82, 2.24) is 10.2 Å². The zero-order valence-corrected chi connectivity index (χ0v) is 13.2. The minimum atomic E-state index is -1.41. The van der Waals surface area contributed by atoms with Crippen LogP contribution in [0, 0.1) is 23.7 Å². The second kappa shape index (κ2) is 5.80. The van der Waals surface area contributed by atoms with Crippen molar-refractivity contribution in [3.8, 4) is 0 Å². The lowest BCUT2D eigenvalue weighted by Crippen LogP contribution is -2.57. The van der Waals surface area contributed by atoms with Crippen LogP contribution in [0.15, 0.2) is 0 Å². The highest BCUT2D eigenvalue weighted by molar-refractivity contribution is 6.43. The van der Waals surface area contributed by atoms with Crippen molar-refractivity contribution in [2.75, 3.05) is 13.1 Å². The van der Waals surface area contributed by atoms with Gasteiger partial charge in [-0.1, -0.05) is 0 Å². The third-order valence-electron chi connectivity index (χ3n) is 6.68. The van der Waals surface area contributed by atoms with Crippen molar-refractivity contribution in [2.45, 2.75) is 56.9 Å². The Morgan fingerprint density at radius 3 is 2.32 bits per heavy atom. The third kappa shape index (κ3) is 2.59. The molecule has 1 amide bonds. The molecule has 5 fully saturated rings. The van der Waals surface area contributed by atoms with E-state index in [1.165, 1.54) is 32.1 Å². The number of hydrogen-bond acceptors (Lipinski definition) is 4. The van der Waals surface area contributed by atoms with Crippen LogP contribution in [0.2, 0.25) is 0 Å². The van der Waals surface area contributed by atoms with E-state index in [4.69, 9.17) is 0 Å². The second-order valence-electron chi connectivity index (χ2n) is 8.05. The maximum absolute atomic E-state index is 12.4. The molecular weight excluding hydrogens is 279 g/mol. The van der Waals surface area contributed by atoms with Crippen molar-refractivity contribution in [3.63, 3.8) is 0 Å². The molecule has 0 radical (unpaired) electrons. The first-order valence-corrected chi connectivity index (χ1v) is 9.01. The Bertz CT molecular complexity index is 417. The van der Waals surface area contributed by atoms with Gasteiger partial charge in [-0.2, -0.15) is 0 Å². The Kier molecular flexibility index (Phi) is 3.95. The van der Waals surface area contributed by atoms with Crippen LogP contribution < -0.4 is 5.32 Å². The fraction of sp³-hybridized carbons (Fsp3) is 0.938. The Morgan fingerprint density at radius 1 is 1.09 bits per heavy atom. The molecule has 4 bridgehead atoms. The summed E-state index contributed by atoms with van der Waals surface area (Å²) in [6, 6.07) is 0.511. The number of rotatable bonds is 4. The molecule has 4 aliphatic carbocycles. The number of carbonyl (C=O) groups is 1. The first kappa shape index (κ1) is 15.0. The number of likely N-dealkylation sites (tertiary alicyclic amines) is 1. The van der Waals surface area contributed by atoms with E-state index in [-0.39, 0.29) is 5.91 Å². The van der Waals surface area contributed by atoms with Crippen molar-refractivity contribution >= 4 is 13.0 Å². The summed E-state index contributed by atoms with van der Waals surface area (Å²) < 4.78 is 0. The first-order chi connectivity index (χ1) is 10.6. The molecule has 4 saturated carbocycles. The van der Waals surface area contributed by atoms with E-state index in [0.717, 1.165) is 30.1 Å². The Hall–Kier alpha value is -0.585. The van der Waals surface area contributed by atoms with Gasteiger partial charge in [0.2, 0.25) is 5.91 Å². The van der Waals surface area contributed by atoms with Gasteiger partial charge in [0.05, 0.1) is 12.5 Å². The van der Waals surface area contributed by atoms with E-state index in [1.54, 1.807) is 4.90 Å². The smallest absolute Gasteiger partial charge is 0.426 e. The molecule has 1 heterocycles. The summed E-state index contributed by atoms with van der Waals surface area (Å²) >= 11 is 0. The summed E-state index contributed by atoms with van der Waals surface area (Å²) in [5.41, 5.74) is 0. The molecule has 1 saturated heterocycles. The van der Waals surface area contributed by atoms with Gasteiger partial charge in [-0.15, -0.1) is 0 Å². The molecule has 0 spiro atoms. The molecule has 0 aromatic rings. The zero-order chi connectivity index (χ0) is 15.3. The maximum atomic E-state index is 12.4. The predicted octanol–water partition coefficient (Wildman–Crippen LogP) is 0.404. The lowest BCUT2D eigenvalue weighted by Gasteiger charge is -2.54. The molecule has 1 aliphatic heterocycles. The van der Waals surface area contributed by atoms with E-state index in [0.29, 0.717) is 25.6 Å². The molecule has 122 valence electrons. The number of carbonyl (C=O) groups excluding carboxylic acids is 1. The van der Waals surface area contributed by atoms with Gasteiger partial charge in [0.25, 0.3) is 0 Å². The Balaban J connectivity index is 1.34. The van der Waals surface area contributed by atoms with Gasteiger partial charge >= 0.3 is 7.12 Å². The summed E-state index contributed by atoms with van der Waals surface area (Å²) in [6.07, 6.45) is 8.40. The minimum absolute atomic E-state index is 0.0319. The van der Waals surface area contributed by atoms with E-state index < -0.39 is 13.1 Å². The highest BCUT2D eigenvalue weighted by Crippen LogP contribution is 2.53. The standard InChI is InChI=1S/C16H27BN2O3/c20-15(19-3-1-2-14(19)17(21)22)9-18-16-12-5-10-4-11(7-12)8-13(16)6-10/h10-14,16,18,21-22H,1-9H2/t10?,11?,12?,13?,14-,16?/m1/s1. The van der Waals surface area contributed by atoms with E-state index in [2.05, 4.69) is 5.32 Å². The monoisotopic (exact) mass is 306 g/mol. The largest absolute Gasteiger partial charge is 0.475 e. The van der Waals surface area contributed by atoms with Gasteiger partial charge in [-0.25, -0.2) is 0 Å². The molecule has 3 N–H and O–H groups in total. The summed E-state index contributed by atoms with van der Waals surface area (Å²) in [5, 5.41) is 22.3. The molecule has 5 aliphatic rings. The van der Waals surface area contributed by atoms with Gasteiger partial charge in [-0.3, -0.25) is 4.79 Å². The predicted molar refractivity (Wildman–Crippen MR) is 83.8 cm³/mol. The van der Waals surface area contributed by atoms with Crippen LogP contribution in [-0.4, -0.2) is 53.0 Å². The van der Waals surface area contributed by atoms with Crippen molar-refractivity contribution < 1.29 is 14.8 Å². The Morgan fingerprint density at radius 2 is 1.73 bits per heavy atom. The van der Waals surface area contributed by atoms with Crippen molar-refractivity contribution in [3.05, 3.63) is 0 Å². The third-order valence-corrected chi connectivity index (χ3v) is 6.68. The van der Waals surface area contributed by atoms with Gasteiger partial charge < -0.3 is 20.3 Å². The van der Waals surface area contributed by atoms with E-state index in [9.17, 15) is 14.8 Å². The van der Waals surface area contributed by atoms with Crippen molar-refractivity contribution in [1.29, 1.82) is 0 Å². The quantitative estimate of drug-likeness (QED) is 0.658. The topological polar surface area (TPSA) is 72.8 Å². The van der Waals surface area contributed by atoms with Crippen LogP contribution in [0.4, 0.5) is 0 Å². The lowest BCUT2D eigenvalue weighted by atomic mass is 9.54. The number of nitrogens with zero attached hydrogens (tertiary/aromatic N) is 1. The van der Waals surface area contributed by atoms with Crippen LogP contribution in [0.3, 0.4) is 0 Å². The molecule has 6 heteroatoms. The van der Waals surface area contributed by atoms with Crippen LogP contribution in [-0.2, 0) is 4.79 Å². The molecule has 5 rings (SSSR count). The van der Waals surface area contributed by atoms with Gasteiger partial charge in [0.1, 0.15) is 0 Å². The summed E-state index contributed by atoms with van der Waals surface area (Å²) in [4.78, 5) is 14.1. The fourth-order valence-corrected chi connectivity index (χ4v) is 5.98. The van der Waals surface area contributed by atoms with Gasteiger partial charge in [-0.05, 0) is 68.6 Å². The van der Waals surface area contributed by atoms with Gasteiger partial charge in [0, 0.05) is 12.6 Å². The number of hydrogen-bond donors (Lipinski definition) is 3. The molecule has 5 nitrogen and oxygen atoms in total. The summed E-state index contributed by atoms with van der Waals surface area (Å²) in [7, 11) is -1.41. The van der Waals surface area contributed by atoms with Gasteiger partial charge in [0.15, 0.2) is 0 Å². The number of amides is 1. The average molecular weight is 306 g/mol. The van der Waals surface area contributed by atoms with Crippen LogP contribution in [0.1, 0.15) is 44.9 Å². The van der Waals surface area contributed by atoms with E-state index >= 15 is 0 Å². The highest BCUT2D eigenvalue weighted by atomic mass is 16.4. The molecular formula is C16H27BN2O3. The maximum Gasteiger partial charge on any atom is 0.475 e.